The fourth-order valence-electron chi connectivity index (χ4n) is 4.19. The van der Waals surface area contributed by atoms with Crippen LogP contribution in [-0.4, -0.2) is 71.2 Å². The second-order valence-corrected chi connectivity index (χ2v) is 8.02. The molecule has 2 unspecified atom stereocenters. The molecule has 0 saturated carbocycles. The first-order valence-electron chi connectivity index (χ1n) is 10.5. The van der Waals surface area contributed by atoms with E-state index < -0.39 is 6.10 Å². The smallest absolute Gasteiger partial charge is 0.267 e. The number of aromatic nitrogens is 1. The predicted molar refractivity (Wildman–Crippen MR) is 116 cm³/mol. The van der Waals surface area contributed by atoms with Crippen molar-refractivity contribution in [1.82, 2.24) is 20.1 Å². The molecule has 3 N–H and O–H groups in total. The Balaban J connectivity index is 1.17. The number of amides is 1. The van der Waals surface area contributed by atoms with Gasteiger partial charge in [-0.25, -0.2) is 0 Å². The first kappa shape index (κ1) is 19.7. The highest BCUT2D eigenvalue weighted by molar-refractivity contribution is 5.97. The fourth-order valence-corrected chi connectivity index (χ4v) is 4.19. The monoisotopic (exact) mass is 394 g/mol. The highest BCUT2D eigenvalue weighted by Crippen LogP contribution is 2.23. The molecule has 1 aromatic heterocycles. The van der Waals surface area contributed by atoms with Gasteiger partial charge in [-0.2, -0.15) is 0 Å². The molecule has 154 valence electrons. The summed E-state index contributed by atoms with van der Waals surface area (Å²) in [5, 5.41) is 14.3. The first-order valence-corrected chi connectivity index (χ1v) is 10.5. The SMILES string of the molecule is CC1C=CC=C1N1CCN(CC(O)CCNC(=O)c2cc3ccccc3[nH]2)CC1. The number of nitrogens with zero attached hydrogens (tertiary/aromatic N) is 2. The Labute approximate surface area is 171 Å². The Bertz CT molecular complexity index is 875. The number of para-hydroxylation sites is 1. The lowest BCUT2D eigenvalue weighted by atomic mass is 10.1. The number of carbonyl (C=O) groups excluding carboxylic acids is 1. The molecule has 1 aliphatic heterocycles. The molecule has 0 spiro atoms. The lowest BCUT2D eigenvalue weighted by Crippen LogP contribution is -2.48. The Kier molecular flexibility index (Phi) is 6.02. The Hall–Kier alpha value is -2.57. The predicted octanol–water partition coefficient (Wildman–Crippen LogP) is 2.36. The van der Waals surface area contributed by atoms with Crippen LogP contribution in [0.2, 0.25) is 0 Å². The summed E-state index contributed by atoms with van der Waals surface area (Å²) in [4.78, 5) is 20.2. The van der Waals surface area contributed by atoms with Gasteiger partial charge in [0, 0.05) is 61.8 Å². The molecule has 2 aromatic rings. The Morgan fingerprint density at radius 1 is 1.28 bits per heavy atom. The van der Waals surface area contributed by atoms with Crippen molar-refractivity contribution in [3.8, 4) is 0 Å². The highest BCUT2D eigenvalue weighted by atomic mass is 16.3. The van der Waals surface area contributed by atoms with Gasteiger partial charge in [-0.05, 0) is 24.6 Å². The van der Waals surface area contributed by atoms with Crippen LogP contribution in [0.4, 0.5) is 0 Å². The molecular formula is C23H30N4O2. The molecule has 1 fully saturated rings. The Morgan fingerprint density at radius 3 is 2.79 bits per heavy atom. The van der Waals surface area contributed by atoms with E-state index in [1.165, 1.54) is 5.70 Å². The zero-order valence-electron chi connectivity index (χ0n) is 17.0. The second-order valence-electron chi connectivity index (χ2n) is 8.02. The number of benzene rings is 1. The number of aliphatic hydroxyl groups excluding tert-OH is 1. The van der Waals surface area contributed by atoms with Crippen LogP contribution in [0.5, 0.6) is 0 Å². The van der Waals surface area contributed by atoms with E-state index in [9.17, 15) is 9.90 Å². The van der Waals surface area contributed by atoms with Crippen molar-refractivity contribution in [3.05, 3.63) is 60.0 Å². The van der Waals surface area contributed by atoms with Crippen molar-refractivity contribution in [1.29, 1.82) is 0 Å². The molecule has 2 heterocycles. The maximum atomic E-state index is 12.3. The van der Waals surface area contributed by atoms with E-state index in [4.69, 9.17) is 0 Å². The number of rotatable bonds is 7. The van der Waals surface area contributed by atoms with Gasteiger partial charge in [-0.3, -0.25) is 9.69 Å². The van der Waals surface area contributed by atoms with E-state index in [0.717, 1.165) is 37.1 Å². The third-order valence-electron chi connectivity index (χ3n) is 5.88. The maximum absolute atomic E-state index is 12.3. The van der Waals surface area contributed by atoms with Crippen LogP contribution in [0.1, 0.15) is 23.8 Å². The van der Waals surface area contributed by atoms with E-state index in [2.05, 4.69) is 45.3 Å². The van der Waals surface area contributed by atoms with Crippen LogP contribution < -0.4 is 5.32 Å². The maximum Gasteiger partial charge on any atom is 0.267 e. The average molecular weight is 395 g/mol. The van der Waals surface area contributed by atoms with E-state index in [1.54, 1.807) is 0 Å². The first-order chi connectivity index (χ1) is 14.1. The van der Waals surface area contributed by atoms with Gasteiger partial charge in [0.1, 0.15) is 5.69 Å². The molecule has 0 bridgehead atoms. The summed E-state index contributed by atoms with van der Waals surface area (Å²) >= 11 is 0. The molecule has 1 aromatic carbocycles. The van der Waals surface area contributed by atoms with Gasteiger partial charge in [0.05, 0.1) is 6.10 Å². The minimum Gasteiger partial charge on any atom is -0.392 e. The normalized spacial score (nSPS) is 20.8. The van der Waals surface area contributed by atoms with Crippen LogP contribution in [0.15, 0.2) is 54.3 Å². The quantitative estimate of drug-likeness (QED) is 0.674. The summed E-state index contributed by atoms with van der Waals surface area (Å²) < 4.78 is 0. The zero-order valence-corrected chi connectivity index (χ0v) is 17.0. The molecule has 29 heavy (non-hydrogen) atoms. The summed E-state index contributed by atoms with van der Waals surface area (Å²) in [6.45, 7) is 7.28. The lowest BCUT2D eigenvalue weighted by molar-refractivity contribution is 0.0746. The molecule has 1 aliphatic carbocycles. The minimum atomic E-state index is -0.434. The van der Waals surface area contributed by atoms with Crippen LogP contribution in [0, 0.1) is 5.92 Å². The molecule has 6 nitrogen and oxygen atoms in total. The van der Waals surface area contributed by atoms with Gasteiger partial charge in [-0.15, -0.1) is 0 Å². The summed E-state index contributed by atoms with van der Waals surface area (Å²) in [6, 6.07) is 9.69. The number of allylic oxidation sites excluding steroid dienone is 3. The van der Waals surface area contributed by atoms with Gasteiger partial charge in [0.15, 0.2) is 0 Å². The van der Waals surface area contributed by atoms with E-state index >= 15 is 0 Å². The van der Waals surface area contributed by atoms with Gasteiger partial charge in [0.25, 0.3) is 5.91 Å². The Morgan fingerprint density at radius 2 is 2.07 bits per heavy atom. The standard InChI is InChI=1S/C23H30N4O2/c1-17-5-4-8-22(17)27-13-11-26(12-14-27)16-19(28)9-10-24-23(29)21-15-18-6-2-3-7-20(18)25-21/h2-8,15,17,19,25,28H,9-14,16H2,1H3,(H,24,29). The fraction of sp³-hybridized carbons (Fsp3) is 0.435. The van der Waals surface area contributed by atoms with Crippen molar-refractivity contribution in [3.63, 3.8) is 0 Å². The van der Waals surface area contributed by atoms with Crippen molar-refractivity contribution < 1.29 is 9.90 Å². The zero-order chi connectivity index (χ0) is 20.2. The molecule has 1 amide bonds. The molecule has 0 radical (unpaired) electrons. The molecule has 6 heteroatoms. The molecule has 1 saturated heterocycles. The topological polar surface area (TPSA) is 71.6 Å². The molecule has 2 atom stereocenters. The van der Waals surface area contributed by atoms with Crippen molar-refractivity contribution in [2.24, 2.45) is 5.92 Å². The largest absolute Gasteiger partial charge is 0.392 e. The third kappa shape index (κ3) is 4.71. The van der Waals surface area contributed by atoms with Crippen molar-refractivity contribution >= 4 is 16.8 Å². The number of carbonyl (C=O) groups is 1. The van der Waals surface area contributed by atoms with Crippen LogP contribution in [-0.2, 0) is 0 Å². The number of piperazine rings is 1. The summed E-state index contributed by atoms with van der Waals surface area (Å²) in [5.74, 6) is 0.377. The number of β-amino-alcohol motifs (C(OH)–C–C–N with tert-alkyl or cyclic N) is 1. The summed E-state index contributed by atoms with van der Waals surface area (Å²) in [7, 11) is 0. The average Bonchev–Trinajstić information content (AvgIpc) is 3.34. The summed E-state index contributed by atoms with van der Waals surface area (Å²) in [5.41, 5.74) is 2.92. The van der Waals surface area contributed by atoms with Crippen LogP contribution >= 0.6 is 0 Å². The van der Waals surface area contributed by atoms with E-state index in [-0.39, 0.29) is 5.91 Å². The number of H-pyrrole nitrogens is 1. The number of aromatic amines is 1. The van der Waals surface area contributed by atoms with Gasteiger partial charge in [0.2, 0.25) is 0 Å². The van der Waals surface area contributed by atoms with Gasteiger partial charge >= 0.3 is 0 Å². The number of nitrogens with one attached hydrogen (secondary N) is 2. The van der Waals surface area contributed by atoms with Crippen molar-refractivity contribution in [2.45, 2.75) is 19.4 Å². The second kappa shape index (κ2) is 8.84. The van der Waals surface area contributed by atoms with Gasteiger partial charge in [-0.1, -0.05) is 37.3 Å². The minimum absolute atomic E-state index is 0.130. The van der Waals surface area contributed by atoms with Crippen LogP contribution in [0.3, 0.4) is 0 Å². The van der Waals surface area contributed by atoms with Crippen molar-refractivity contribution in [2.75, 3.05) is 39.3 Å². The lowest BCUT2D eigenvalue weighted by Gasteiger charge is -2.38. The number of fused-ring (bicyclic) bond motifs is 1. The molecular weight excluding hydrogens is 364 g/mol. The van der Waals surface area contributed by atoms with E-state index in [1.807, 2.05) is 30.3 Å². The third-order valence-corrected chi connectivity index (χ3v) is 5.88. The van der Waals surface area contributed by atoms with Gasteiger partial charge < -0.3 is 20.3 Å². The number of hydrogen-bond donors (Lipinski definition) is 3. The number of aliphatic hydroxyl groups is 1. The molecule has 4 rings (SSSR count). The van der Waals surface area contributed by atoms with E-state index in [0.29, 0.717) is 31.1 Å². The van der Waals surface area contributed by atoms with Crippen LogP contribution in [0.25, 0.3) is 10.9 Å². The highest BCUT2D eigenvalue weighted by Gasteiger charge is 2.23. The molecule has 2 aliphatic rings. The summed E-state index contributed by atoms with van der Waals surface area (Å²) in [6.07, 6.45) is 6.70. The number of hydrogen-bond acceptors (Lipinski definition) is 4.